The van der Waals surface area contributed by atoms with Crippen molar-refractivity contribution in [2.75, 3.05) is 0 Å². The van der Waals surface area contributed by atoms with Crippen molar-refractivity contribution in [3.8, 4) is 11.3 Å². The van der Waals surface area contributed by atoms with E-state index in [1.807, 2.05) is 0 Å². The molecule has 166 valence electrons. The fraction of sp³-hybridized carbons (Fsp3) is 0.429. The Bertz CT molecular complexity index is 1040. The van der Waals surface area contributed by atoms with E-state index in [1.165, 1.54) is 12.1 Å². The van der Waals surface area contributed by atoms with E-state index in [9.17, 15) is 20.0 Å². The standard InChI is InChI=1S/C21H23ClFN3O5/c1-19(2,3)31-18(27)25-21(10-20(4,28)11-21)14-6-5-12(7-16(14)23)17-15(22)8-13(9-24-17)26(29)30/h5-9,28H,10-11H2,1-4H3,(H,25,27). The Labute approximate surface area is 183 Å². The molecule has 2 N–H and O–H groups in total. The molecule has 0 spiro atoms. The smallest absolute Gasteiger partial charge is 0.408 e. The van der Waals surface area contributed by atoms with Crippen LogP contribution in [-0.4, -0.2) is 32.3 Å². The number of halogens is 2. The van der Waals surface area contributed by atoms with Gasteiger partial charge in [-0.2, -0.15) is 0 Å². The first-order chi connectivity index (χ1) is 14.2. The SMILES string of the molecule is CC1(O)CC(NC(=O)OC(C)(C)C)(c2ccc(-c3ncc([N+](=O)[O-])cc3Cl)cc2F)C1. The maximum Gasteiger partial charge on any atom is 0.408 e. The fourth-order valence-corrected chi connectivity index (χ4v) is 4.15. The Balaban J connectivity index is 1.94. The van der Waals surface area contributed by atoms with Crippen molar-refractivity contribution in [1.29, 1.82) is 0 Å². The van der Waals surface area contributed by atoms with Gasteiger partial charge in [0, 0.05) is 30.0 Å². The average molecular weight is 452 g/mol. The summed E-state index contributed by atoms with van der Waals surface area (Å²) in [4.78, 5) is 26.6. The van der Waals surface area contributed by atoms with Crippen LogP contribution in [0.15, 0.2) is 30.5 Å². The Hall–Kier alpha value is -2.78. The molecule has 2 aromatic rings. The zero-order chi connectivity index (χ0) is 23.2. The van der Waals surface area contributed by atoms with Crippen LogP contribution in [0.5, 0.6) is 0 Å². The third-order valence-electron chi connectivity index (χ3n) is 4.90. The topological polar surface area (TPSA) is 115 Å². The van der Waals surface area contributed by atoms with Gasteiger partial charge in [-0.3, -0.25) is 10.1 Å². The van der Waals surface area contributed by atoms with Crippen LogP contribution in [-0.2, 0) is 10.3 Å². The van der Waals surface area contributed by atoms with E-state index in [-0.39, 0.29) is 34.8 Å². The lowest BCUT2D eigenvalue weighted by Gasteiger charge is -2.52. The molecule has 10 heteroatoms. The molecule has 0 aliphatic heterocycles. The minimum absolute atomic E-state index is 0.00882. The molecule has 1 aromatic carbocycles. The number of hydrogen-bond acceptors (Lipinski definition) is 6. The van der Waals surface area contributed by atoms with Crippen molar-refractivity contribution in [1.82, 2.24) is 10.3 Å². The normalized spacial score (nSPS) is 23.1. The number of rotatable bonds is 4. The summed E-state index contributed by atoms with van der Waals surface area (Å²) in [6.07, 6.45) is 0.534. The molecule has 1 heterocycles. The first-order valence-corrected chi connectivity index (χ1v) is 9.93. The van der Waals surface area contributed by atoms with Crippen LogP contribution in [0.1, 0.15) is 46.1 Å². The Morgan fingerprint density at radius 3 is 2.48 bits per heavy atom. The van der Waals surface area contributed by atoms with Gasteiger partial charge in [0.2, 0.25) is 0 Å². The lowest BCUT2D eigenvalue weighted by Crippen LogP contribution is -2.62. The Morgan fingerprint density at radius 1 is 1.35 bits per heavy atom. The van der Waals surface area contributed by atoms with Crippen LogP contribution in [0.4, 0.5) is 14.9 Å². The van der Waals surface area contributed by atoms with Crippen LogP contribution >= 0.6 is 11.6 Å². The molecule has 0 saturated heterocycles. The molecule has 1 aromatic heterocycles. The molecule has 8 nitrogen and oxygen atoms in total. The average Bonchev–Trinajstić information content (AvgIpc) is 2.57. The summed E-state index contributed by atoms with van der Waals surface area (Å²) < 4.78 is 20.5. The number of nitrogens with zero attached hydrogens (tertiary/aromatic N) is 2. The summed E-state index contributed by atoms with van der Waals surface area (Å²) in [5, 5.41) is 23.9. The van der Waals surface area contributed by atoms with Gasteiger partial charge in [-0.25, -0.2) is 14.2 Å². The fourth-order valence-electron chi connectivity index (χ4n) is 3.88. The predicted octanol–water partition coefficient (Wildman–Crippen LogP) is 4.71. The highest BCUT2D eigenvalue weighted by Crippen LogP contribution is 2.49. The second-order valence-corrected chi connectivity index (χ2v) is 9.44. The zero-order valence-corrected chi connectivity index (χ0v) is 18.3. The van der Waals surface area contributed by atoms with Gasteiger partial charge in [0.15, 0.2) is 0 Å². The van der Waals surface area contributed by atoms with Crippen molar-refractivity contribution in [3.63, 3.8) is 0 Å². The van der Waals surface area contributed by atoms with Crippen molar-refractivity contribution < 1.29 is 24.0 Å². The first-order valence-electron chi connectivity index (χ1n) is 9.55. The van der Waals surface area contributed by atoms with E-state index in [0.717, 1.165) is 12.3 Å². The Kier molecular flexibility index (Phi) is 5.70. The number of hydrogen-bond donors (Lipinski definition) is 2. The number of amides is 1. The number of aliphatic hydroxyl groups is 1. The largest absolute Gasteiger partial charge is 0.444 e. The summed E-state index contributed by atoms with van der Waals surface area (Å²) in [7, 11) is 0. The molecular formula is C21H23ClFN3O5. The molecule has 0 atom stereocenters. The second kappa shape index (κ2) is 7.72. The van der Waals surface area contributed by atoms with Gasteiger partial charge in [0.05, 0.1) is 26.8 Å². The minimum atomic E-state index is -1.14. The highest BCUT2D eigenvalue weighted by atomic mass is 35.5. The molecule has 1 fully saturated rings. The van der Waals surface area contributed by atoms with Gasteiger partial charge >= 0.3 is 6.09 Å². The van der Waals surface area contributed by atoms with Gasteiger partial charge in [0.1, 0.15) is 17.6 Å². The summed E-state index contributed by atoms with van der Waals surface area (Å²) in [6.45, 7) is 6.75. The highest BCUT2D eigenvalue weighted by Gasteiger charge is 2.54. The summed E-state index contributed by atoms with van der Waals surface area (Å²) >= 11 is 6.10. The lowest BCUT2D eigenvalue weighted by molar-refractivity contribution is -0.385. The number of carbonyl (C=O) groups excluding carboxylic acids is 1. The number of nitrogens with one attached hydrogen (secondary N) is 1. The monoisotopic (exact) mass is 451 g/mol. The first kappa shape index (κ1) is 22.9. The summed E-state index contributed by atoms with van der Waals surface area (Å²) in [6, 6.07) is 5.38. The number of aromatic nitrogens is 1. The minimum Gasteiger partial charge on any atom is -0.444 e. The quantitative estimate of drug-likeness (QED) is 0.513. The van der Waals surface area contributed by atoms with E-state index >= 15 is 4.39 Å². The third-order valence-corrected chi connectivity index (χ3v) is 5.19. The number of benzene rings is 1. The maximum atomic E-state index is 15.2. The van der Waals surface area contributed by atoms with Crippen molar-refractivity contribution in [3.05, 3.63) is 57.0 Å². The third kappa shape index (κ3) is 4.94. The van der Waals surface area contributed by atoms with E-state index in [2.05, 4.69) is 10.3 Å². The summed E-state index contributed by atoms with van der Waals surface area (Å²) in [5.74, 6) is -0.639. The van der Waals surface area contributed by atoms with Gasteiger partial charge in [-0.1, -0.05) is 23.7 Å². The van der Waals surface area contributed by atoms with Gasteiger partial charge < -0.3 is 15.2 Å². The van der Waals surface area contributed by atoms with Crippen molar-refractivity contribution in [2.24, 2.45) is 0 Å². The lowest BCUT2D eigenvalue weighted by atomic mass is 9.62. The van der Waals surface area contributed by atoms with Crippen molar-refractivity contribution in [2.45, 2.75) is 57.3 Å². The predicted molar refractivity (Wildman–Crippen MR) is 112 cm³/mol. The molecule has 1 aliphatic rings. The Morgan fingerprint density at radius 2 is 2.00 bits per heavy atom. The molecular weight excluding hydrogens is 429 g/mol. The number of ether oxygens (including phenoxy) is 1. The molecule has 31 heavy (non-hydrogen) atoms. The summed E-state index contributed by atoms with van der Waals surface area (Å²) in [5.41, 5.74) is -2.52. The van der Waals surface area contributed by atoms with Crippen LogP contribution < -0.4 is 5.32 Å². The van der Waals surface area contributed by atoms with Crippen LogP contribution in [0, 0.1) is 15.9 Å². The molecule has 0 bridgehead atoms. The van der Waals surface area contributed by atoms with E-state index in [1.54, 1.807) is 33.8 Å². The molecule has 3 rings (SSSR count). The number of pyridine rings is 1. The molecule has 1 aliphatic carbocycles. The maximum absolute atomic E-state index is 15.2. The number of carbonyl (C=O) groups is 1. The van der Waals surface area contributed by atoms with E-state index in [0.29, 0.717) is 5.56 Å². The molecule has 0 unspecified atom stereocenters. The number of alkyl carbamates (subject to hydrolysis) is 1. The van der Waals surface area contributed by atoms with Crippen LogP contribution in [0.25, 0.3) is 11.3 Å². The van der Waals surface area contributed by atoms with Crippen molar-refractivity contribution >= 4 is 23.4 Å². The van der Waals surface area contributed by atoms with Gasteiger partial charge in [0.25, 0.3) is 5.69 Å². The van der Waals surface area contributed by atoms with Crippen LogP contribution in [0.3, 0.4) is 0 Å². The highest BCUT2D eigenvalue weighted by molar-refractivity contribution is 6.33. The van der Waals surface area contributed by atoms with Crippen LogP contribution in [0.2, 0.25) is 5.02 Å². The van der Waals surface area contributed by atoms with Gasteiger partial charge in [-0.05, 0) is 33.8 Å². The number of nitro groups is 1. The zero-order valence-electron chi connectivity index (χ0n) is 17.5. The second-order valence-electron chi connectivity index (χ2n) is 9.04. The molecule has 1 amide bonds. The molecule has 1 saturated carbocycles. The van der Waals surface area contributed by atoms with Gasteiger partial charge in [-0.15, -0.1) is 0 Å². The van der Waals surface area contributed by atoms with E-state index in [4.69, 9.17) is 16.3 Å². The molecule has 0 radical (unpaired) electrons. The van der Waals surface area contributed by atoms with E-state index < -0.39 is 33.6 Å².